The monoisotopic (exact) mass is 485 g/mol. The molecule has 1 aromatic carbocycles. The minimum Gasteiger partial charge on any atom is -0.466 e. The molecule has 1 saturated heterocycles. The number of ether oxygens (including phenoxy) is 1. The average Bonchev–Trinajstić information content (AvgIpc) is 2.95. The van der Waals surface area contributed by atoms with Crippen molar-refractivity contribution in [3.05, 3.63) is 41.1 Å². The highest BCUT2D eigenvalue weighted by atomic mass is 32.2. The number of aromatic nitrogens is 3. The van der Waals surface area contributed by atoms with Crippen LogP contribution in [0, 0.1) is 20.8 Å². The molecule has 0 spiro atoms. The Labute approximate surface area is 200 Å². The van der Waals surface area contributed by atoms with E-state index in [1.165, 1.54) is 6.07 Å². The molecule has 0 bridgehead atoms. The van der Waals surface area contributed by atoms with Gasteiger partial charge < -0.3 is 10.1 Å². The van der Waals surface area contributed by atoms with Crippen LogP contribution >= 0.6 is 0 Å². The number of carbonyl (C=O) groups is 1. The number of nitrogens with zero attached hydrogens (tertiary/aromatic N) is 4. The predicted octanol–water partition coefficient (Wildman–Crippen LogP) is 3.48. The first-order valence-corrected chi connectivity index (χ1v) is 13.0. The molecule has 3 aromatic rings. The molecule has 0 saturated carbocycles. The van der Waals surface area contributed by atoms with Crippen molar-refractivity contribution in [1.82, 2.24) is 19.1 Å². The standard InChI is InChI=1S/C24H31N5O4S/c1-16-9-10-19(14-20(16)34(31,32)29-11-7-5-6-8-12-29)26-21(30)15-33-24-22-17(2)13-18(3)25-23(22)28(4)27-24/h9-10,13-14H,5-8,11-12,15H2,1-4H3,(H,26,30). The van der Waals surface area contributed by atoms with Gasteiger partial charge in [-0.05, 0) is 62.9 Å². The van der Waals surface area contributed by atoms with Crippen molar-refractivity contribution in [1.29, 1.82) is 0 Å². The van der Waals surface area contributed by atoms with Crippen molar-refractivity contribution in [2.45, 2.75) is 51.3 Å². The Hall–Kier alpha value is -2.98. The van der Waals surface area contributed by atoms with E-state index in [1.807, 2.05) is 19.9 Å². The van der Waals surface area contributed by atoms with Gasteiger partial charge in [0, 0.05) is 31.5 Å². The number of rotatable bonds is 6. The lowest BCUT2D eigenvalue weighted by molar-refractivity contribution is -0.118. The third kappa shape index (κ3) is 4.92. The molecule has 182 valence electrons. The van der Waals surface area contributed by atoms with Crippen molar-refractivity contribution >= 4 is 32.7 Å². The maximum atomic E-state index is 13.3. The van der Waals surface area contributed by atoms with Crippen molar-refractivity contribution in [2.24, 2.45) is 7.05 Å². The molecule has 4 rings (SSSR count). The number of pyridine rings is 1. The summed E-state index contributed by atoms with van der Waals surface area (Å²) in [4.78, 5) is 17.3. The fraction of sp³-hybridized carbons (Fsp3) is 0.458. The van der Waals surface area contributed by atoms with Crippen LogP contribution in [-0.2, 0) is 21.9 Å². The van der Waals surface area contributed by atoms with Gasteiger partial charge in [0.05, 0.1) is 10.3 Å². The first kappa shape index (κ1) is 24.2. The zero-order valence-corrected chi connectivity index (χ0v) is 20.9. The zero-order chi connectivity index (χ0) is 24.5. The molecule has 10 heteroatoms. The van der Waals surface area contributed by atoms with Gasteiger partial charge in [0.25, 0.3) is 5.91 Å². The maximum absolute atomic E-state index is 13.3. The van der Waals surface area contributed by atoms with Crippen LogP contribution in [0.25, 0.3) is 11.0 Å². The van der Waals surface area contributed by atoms with Crippen molar-refractivity contribution in [3.8, 4) is 5.88 Å². The number of hydrogen-bond acceptors (Lipinski definition) is 6. The summed E-state index contributed by atoms with van der Waals surface area (Å²) in [6.07, 6.45) is 3.81. The summed E-state index contributed by atoms with van der Waals surface area (Å²) in [6, 6.07) is 6.88. The minimum absolute atomic E-state index is 0.223. The number of carbonyl (C=O) groups excluding carboxylic acids is 1. The molecule has 1 N–H and O–H groups in total. The van der Waals surface area contributed by atoms with Gasteiger partial charge in [-0.3, -0.25) is 4.79 Å². The molecular weight excluding hydrogens is 454 g/mol. The second-order valence-corrected chi connectivity index (χ2v) is 10.7. The van der Waals surface area contributed by atoms with Crippen LogP contribution in [0.5, 0.6) is 5.88 Å². The third-order valence-corrected chi connectivity index (χ3v) is 8.12. The number of sulfonamides is 1. The van der Waals surface area contributed by atoms with E-state index in [2.05, 4.69) is 15.4 Å². The van der Waals surface area contributed by atoms with Gasteiger partial charge in [0.2, 0.25) is 15.9 Å². The topological polar surface area (TPSA) is 106 Å². The normalized spacial score (nSPS) is 15.3. The Balaban J connectivity index is 1.49. The number of hydrogen-bond donors (Lipinski definition) is 1. The maximum Gasteiger partial charge on any atom is 0.262 e. The number of amides is 1. The highest BCUT2D eigenvalue weighted by Gasteiger charge is 2.27. The Morgan fingerprint density at radius 1 is 1.06 bits per heavy atom. The van der Waals surface area contributed by atoms with E-state index in [9.17, 15) is 13.2 Å². The number of anilines is 1. The third-order valence-electron chi connectivity index (χ3n) is 6.08. The number of fused-ring (bicyclic) bond motifs is 1. The van der Waals surface area contributed by atoms with Crippen LogP contribution < -0.4 is 10.1 Å². The van der Waals surface area contributed by atoms with Gasteiger partial charge in [0.1, 0.15) is 0 Å². The molecule has 1 fully saturated rings. The molecule has 0 atom stereocenters. The Morgan fingerprint density at radius 2 is 1.76 bits per heavy atom. The highest BCUT2D eigenvalue weighted by molar-refractivity contribution is 7.89. The lowest BCUT2D eigenvalue weighted by Gasteiger charge is -2.21. The molecule has 0 unspecified atom stereocenters. The molecule has 9 nitrogen and oxygen atoms in total. The van der Waals surface area contributed by atoms with E-state index < -0.39 is 15.9 Å². The smallest absolute Gasteiger partial charge is 0.262 e. The second-order valence-electron chi connectivity index (χ2n) is 8.84. The van der Waals surface area contributed by atoms with Crippen LogP contribution in [0.4, 0.5) is 5.69 Å². The summed E-state index contributed by atoms with van der Waals surface area (Å²) in [5.41, 5.74) is 3.59. The van der Waals surface area contributed by atoms with Gasteiger partial charge in [-0.1, -0.05) is 18.9 Å². The van der Waals surface area contributed by atoms with Gasteiger partial charge in [0.15, 0.2) is 12.3 Å². The summed E-state index contributed by atoms with van der Waals surface area (Å²) in [7, 11) is -1.85. The molecule has 3 heterocycles. The average molecular weight is 486 g/mol. The van der Waals surface area contributed by atoms with E-state index in [4.69, 9.17) is 4.74 Å². The summed E-state index contributed by atoms with van der Waals surface area (Å²) in [5.74, 6) is -0.0653. The van der Waals surface area contributed by atoms with Crippen LogP contribution in [0.3, 0.4) is 0 Å². The summed E-state index contributed by atoms with van der Waals surface area (Å²) in [5, 5.41) is 7.87. The second kappa shape index (κ2) is 9.71. The van der Waals surface area contributed by atoms with E-state index >= 15 is 0 Å². The van der Waals surface area contributed by atoms with Crippen LogP contribution in [0.1, 0.15) is 42.5 Å². The summed E-state index contributed by atoms with van der Waals surface area (Å²) < 4.78 is 35.4. The first-order valence-electron chi connectivity index (χ1n) is 11.5. The molecule has 2 aromatic heterocycles. The van der Waals surface area contributed by atoms with Crippen LogP contribution in [0.15, 0.2) is 29.2 Å². The lowest BCUT2D eigenvalue weighted by atomic mass is 10.2. The number of aryl methyl sites for hydroxylation is 4. The molecule has 0 aliphatic carbocycles. The lowest BCUT2D eigenvalue weighted by Crippen LogP contribution is -2.32. The fourth-order valence-electron chi connectivity index (χ4n) is 4.36. The summed E-state index contributed by atoms with van der Waals surface area (Å²) >= 11 is 0. The Kier molecular flexibility index (Phi) is 6.90. The quantitative estimate of drug-likeness (QED) is 0.573. The molecule has 34 heavy (non-hydrogen) atoms. The van der Waals surface area contributed by atoms with Gasteiger partial charge in [-0.2, -0.15) is 4.31 Å². The molecule has 1 amide bonds. The zero-order valence-electron chi connectivity index (χ0n) is 20.1. The van der Waals surface area contributed by atoms with E-state index in [1.54, 1.807) is 35.1 Å². The predicted molar refractivity (Wildman–Crippen MR) is 131 cm³/mol. The van der Waals surface area contributed by atoms with Crippen LogP contribution in [-0.4, -0.2) is 53.1 Å². The fourth-order valence-corrected chi connectivity index (χ4v) is 6.13. The summed E-state index contributed by atoms with van der Waals surface area (Å²) in [6.45, 7) is 6.42. The SMILES string of the molecule is Cc1cc(C)c2c(OCC(=O)Nc3ccc(C)c(S(=O)(=O)N4CCCCCC4)c3)nn(C)c2n1. The Bertz CT molecular complexity index is 1320. The van der Waals surface area contributed by atoms with E-state index in [0.717, 1.165) is 42.3 Å². The van der Waals surface area contributed by atoms with Crippen molar-refractivity contribution < 1.29 is 17.9 Å². The first-order chi connectivity index (χ1) is 16.2. The van der Waals surface area contributed by atoms with Gasteiger partial charge in [-0.15, -0.1) is 5.10 Å². The molecule has 0 radical (unpaired) electrons. The largest absolute Gasteiger partial charge is 0.466 e. The molecule has 1 aliphatic rings. The molecule has 1 aliphatic heterocycles. The highest BCUT2D eigenvalue weighted by Crippen LogP contribution is 2.28. The van der Waals surface area contributed by atoms with Crippen molar-refractivity contribution in [2.75, 3.05) is 25.0 Å². The van der Waals surface area contributed by atoms with Gasteiger partial charge >= 0.3 is 0 Å². The number of nitrogens with one attached hydrogen (secondary N) is 1. The van der Waals surface area contributed by atoms with Crippen LogP contribution in [0.2, 0.25) is 0 Å². The minimum atomic E-state index is -3.63. The number of benzene rings is 1. The van der Waals surface area contributed by atoms with E-state index in [0.29, 0.717) is 35.9 Å². The molecular formula is C24H31N5O4S. The Morgan fingerprint density at radius 3 is 2.47 bits per heavy atom. The van der Waals surface area contributed by atoms with E-state index in [-0.39, 0.29) is 11.5 Å². The van der Waals surface area contributed by atoms with Crippen molar-refractivity contribution in [3.63, 3.8) is 0 Å². The van der Waals surface area contributed by atoms with Gasteiger partial charge in [-0.25, -0.2) is 18.1 Å².